The summed E-state index contributed by atoms with van der Waals surface area (Å²) in [5, 5.41) is 17.4. The number of nitrogens with zero attached hydrogens (tertiary/aromatic N) is 2. The van der Waals surface area contributed by atoms with Crippen LogP contribution in [0.4, 0.5) is 0 Å². The van der Waals surface area contributed by atoms with Crippen LogP contribution in [-0.2, 0) is 4.79 Å². The number of carbonyl (C=O) groups is 2. The maximum Gasteiger partial charge on any atom is 0.330 e. The Labute approximate surface area is 102 Å². The van der Waals surface area contributed by atoms with Crippen LogP contribution in [0.25, 0.3) is 0 Å². The second kappa shape index (κ2) is 5.09. The number of rotatable bonds is 4. The van der Waals surface area contributed by atoms with E-state index in [1.165, 1.54) is 6.33 Å². The van der Waals surface area contributed by atoms with Crippen LogP contribution in [0.5, 0.6) is 0 Å². The Bertz CT molecular complexity index is 539. The molecule has 2 aromatic rings. The van der Waals surface area contributed by atoms with Gasteiger partial charge in [0, 0.05) is 0 Å². The summed E-state index contributed by atoms with van der Waals surface area (Å²) in [5.41, 5.74) is 0.484. The molecule has 18 heavy (non-hydrogen) atoms. The smallest absolute Gasteiger partial charge is 0.330 e. The first-order valence-corrected chi connectivity index (χ1v) is 5.12. The Kier molecular flexibility index (Phi) is 3.33. The van der Waals surface area contributed by atoms with E-state index in [1.807, 2.05) is 0 Å². The second-order valence-electron chi connectivity index (χ2n) is 3.49. The molecule has 0 aliphatic carbocycles. The molecule has 1 amide bonds. The second-order valence-corrected chi connectivity index (χ2v) is 3.49. The van der Waals surface area contributed by atoms with Crippen molar-refractivity contribution in [2.75, 3.05) is 0 Å². The number of carboxylic acid groups (broad SMARTS) is 1. The minimum Gasteiger partial charge on any atom is -0.479 e. The van der Waals surface area contributed by atoms with Crippen LogP contribution in [0.3, 0.4) is 0 Å². The van der Waals surface area contributed by atoms with Gasteiger partial charge in [0.1, 0.15) is 6.33 Å². The normalized spacial score (nSPS) is 11.8. The van der Waals surface area contributed by atoms with Gasteiger partial charge in [-0.3, -0.25) is 9.89 Å². The highest BCUT2D eigenvalue weighted by atomic mass is 16.4. The van der Waals surface area contributed by atoms with Gasteiger partial charge in [0.15, 0.2) is 6.04 Å². The number of carbonyl (C=O) groups excluding carboxylic acids is 1. The van der Waals surface area contributed by atoms with E-state index in [9.17, 15) is 9.59 Å². The van der Waals surface area contributed by atoms with Crippen LogP contribution in [-0.4, -0.2) is 32.2 Å². The molecule has 0 fully saturated rings. The van der Waals surface area contributed by atoms with Gasteiger partial charge in [0.25, 0.3) is 5.91 Å². The summed E-state index contributed by atoms with van der Waals surface area (Å²) in [4.78, 5) is 26.5. The summed E-state index contributed by atoms with van der Waals surface area (Å²) in [6, 6.07) is 7.29. The summed E-state index contributed by atoms with van der Waals surface area (Å²) >= 11 is 0. The first-order valence-electron chi connectivity index (χ1n) is 5.12. The number of benzene rings is 1. The molecule has 0 unspecified atom stereocenters. The van der Waals surface area contributed by atoms with Crippen molar-refractivity contribution in [2.24, 2.45) is 0 Å². The minimum atomic E-state index is -1.14. The van der Waals surface area contributed by atoms with Crippen LogP contribution in [0.1, 0.15) is 22.2 Å². The number of hydrogen-bond acceptors (Lipinski definition) is 4. The average molecular weight is 246 g/mol. The largest absolute Gasteiger partial charge is 0.479 e. The fourth-order valence-electron chi connectivity index (χ4n) is 1.45. The molecule has 7 nitrogen and oxygen atoms in total. The molecule has 0 saturated carbocycles. The van der Waals surface area contributed by atoms with E-state index in [1.54, 1.807) is 30.3 Å². The van der Waals surface area contributed by atoms with Crippen LogP contribution >= 0.6 is 0 Å². The van der Waals surface area contributed by atoms with E-state index >= 15 is 0 Å². The highest BCUT2D eigenvalue weighted by Gasteiger charge is 2.23. The molecular weight excluding hydrogens is 236 g/mol. The topological polar surface area (TPSA) is 108 Å². The summed E-state index contributed by atoms with van der Waals surface area (Å²) in [6.07, 6.45) is 1.17. The lowest BCUT2D eigenvalue weighted by Gasteiger charge is -2.13. The molecule has 3 N–H and O–H groups in total. The lowest BCUT2D eigenvalue weighted by Crippen LogP contribution is -2.34. The predicted molar refractivity (Wildman–Crippen MR) is 60.7 cm³/mol. The highest BCUT2D eigenvalue weighted by molar-refractivity contribution is 5.93. The van der Waals surface area contributed by atoms with Gasteiger partial charge < -0.3 is 10.4 Å². The SMILES string of the molecule is O=C(N[C@H](C(=O)O)c1ccccc1)c1ncn[nH]1. The zero-order chi connectivity index (χ0) is 13.0. The third kappa shape index (κ3) is 2.51. The average Bonchev–Trinajstić information content (AvgIpc) is 2.90. The van der Waals surface area contributed by atoms with E-state index < -0.39 is 17.9 Å². The number of H-pyrrole nitrogens is 1. The minimum absolute atomic E-state index is 0.0304. The third-order valence-electron chi connectivity index (χ3n) is 2.29. The fourth-order valence-corrected chi connectivity index (χ4v) is 1.45. The van der Waals surface area contributed by atoms with Crippen molar-refractivity contribution < 1.29 is 14.7 Å². The van der Waals surface area contributed by atoms with Crippen molar-refractivity contribution in [3.8, 4) is 0 Å². The molecule has 0 radical (unpaired) electrons. The summed E-state index contributed by atoms with van der Waals surface area (Å²) in [6.45, 7) is 0. The first kappa shape index (κ1) is 11.8. The molecule has 2 rings (SSSR count). The summed E-state index contributed by atoms with van der Waals surface area (Å²) < 4.78 is 0. The Balaban J connectivity index is 2.18. The molecule has 0 aliphatic rings. The van der Waals surface area contributed by atoms with Crippen molar-refractivity contribution in [1.82, 2.24) is 20.5 Å². The van der Waals surface area contributed by atoms with Gasteiger partial charge in [-0.2, -0.15) is 5.10 Å². The zero-order valence-electron chi connectivity index (χ0n) is 9.20. The Morgan fingerprint density at radius 1 is 1.28 bits per heavy atom. The van der Waals surface area contributed by atoms with E-state index in [-0.39, 0.29) is 5.82 Å². The summed E-state index contributed by atoms with van der Waals surface area (Å²) in [7, 11) is 0. The molecular formula is C11H10N4O3. The van der Waals surface area contributed by atoms with Crippen LogP contribution in [0.15, 0.2) is 36.7 Å². The molecule has 1 aromatic carbocycles. The van der Waals surface area contributed by atoms with Crippen molar-refractivity contribution >= 4 is 11.9 Å². The standard InChI is InChI=1S/C11H10N4O3/c16-10(9-12-6-13-15-9)14-8(11(17)18)7-4-2-1-3-5-7/h1-6,8H,(H,14,16)(H,17,18)(H,12,13,15)/t8-/m0/s1. The van der Waals surface area contributed by atoms with Gasteiger partial charge in [-0.15, -0.1) is 0 Å². The van der Waals surface area contributed by atoms with Gasteiger partial charge in [0.05, 0.1) is 0 Å². The maximum absolute atomic E-state index is 11.7. The third-order valence-corrected chi connectivity index (χ3v) is 2.29. The first-order chi connectivity index (χ1) is 8.68. The van der Waals surface area contributed by atoms with Gasteiger partial charge in [-0.1, -0.05) is 30.3 Å². The van der Waals surface area contributed by atoms with Crippen LogP contribution in [0, 0.1) is 0 Å². The van der Waals surface area contributed by atoms with E-state index in [0.29, 0.717) is 5.56 Å². The molecule has 1 atom stereocenters. The molecule has 1 aromatic heterocycles. The van der Waals surface area contributed by atoms with Crippen molar-refractivity contribution in [2.45, 2.75) is 6.04 Å². The molecule has 7 heteroatoms. The Morgan fingerprint density at radius 2 is 2.00 bits per heavy atom. The van der Waals surface area contributed by atoms with E-state index in [2.05, 4.69) is 20.5 Å². The molecule has 0 aliphatic heterocycles. The number of carboxylic acids is 1. The van der Waals surface area contributed by atoms with Gasteiger partial charge in [0.2, 0.25) is 5.82 Å². The monoisotopic (exact) mass is 246 g/mol. The zero-order valence-corrected chi connectivity index (χ0v) is 9.20. The predicted octanol–water partition coefficient (Wildman–Crippen LogP) is 0.360. The number of aromatic amines is 1. The highest BCUT2D eigenvalue weighted by Crippen LogP contribution is 2.12. The number of nitrogens with one attached hydrogen (secondary N) is 2. The van der Waals surface area contributed by atoms with E-state index in [4.69, 9.17) is 5.11 Å². The van der Waals surface area contributed by atoms with Crippen molar-refractivity contribution in [1.29, 1.82) is 0 Å². The summed E-state index contributed by atoms with van der Waals surface area (Å²) in [5.74, 6) is -1.80. The molecule has 0 saturated heterocycles. The van der Waals surface area contributed by atoms with Crippen LogP contribution < -0.4 is 5.32 Å². The van der Waals surface area contributed by atoms with Gasteiger partial charge in [-0.25, -0.2) is 9.78 Å². The number of hydrogen-bond donors (Lipinski definition) is 3. The van der Waals surface area contributed by atoms with Crippen LogP contribution in [0.2, 0.25) is 0 Å². The Hall–Kier alpha value is -2.70. The molecule has 0 spiro atoms. The molecule has 92 valence electrons. The van der Waals surface area contributed by atoms with Crippen molar-refractivity contribution in [3.05, 3.63) is 48.0 Å². The number of aliphatic carboxylic acids is 1. The number of amides is 1. The Morgan fingerprint density at radius 3 is 2.56 bits per heavy atom. The lowest BCUT2D eigenvalue weighted by atomic mass is 10.1. The quantitative estimate of drug-likeness (QED) is 0.721. The van der Waals surface area contributed by atoms with Gasteiger partial charge >= 0.3 is 5.97 Å². The van der Waals surface area contributed by atoms with Crippen molar-refractivity contribution in [3.63, 3.8) is 0 Å². The van der Waals surface area contributed by atoms with E-state index in [0.717, 1.165) is 0 Å². The number of aromatic nitrogens is 3. The molecule has 0 bridgehead atoms. The molecule has 1 heterocycles. The maximum atomic E-state index is 11.7. The van der Waals surface area contributed by atoms with Gasteiger partial charge in [-0.05, 0) is 5.56 Å². The lowest BCUT2D eigenvalue weighted by molar-refractivity contribution is -0.139. The fraction of sp³-hybridized carbons (Fsp3) is 0.0909.